The number of nitrogens with one attached hydrogen (secondary N) is 2. The molecule has 2 aliphatic rings. The van der Waals surface area contributed by atoms with E-state index in [9.17, 15) is 14.4 Å². The molecule has 0 radical (unpaired) electrons. The van der Waals surface area contributed by atoms with E-state index in [1.807, 2.05) is 49.1 Å². The highest BCUT2D eigenvalue weighted by Crippen LogP contribution is 2.41. The molecule has 0 saturated carbocycles. The molecule has 0 spiro atoms. The lowest BCUT2D eigenvalue weighted by atomic mass is 9.99. The lowest BCUT2D eigenvalue weighted by molar-refractivity contribution is -0.127. The summed E-state index contributed by atoms with van der Waals surface area (Å²) in [4.78, 5) is 23.4. The zero-order valence-electron chi connectivity index (χ0n) is 21.3. The second-order valence-electron chi connectivity index (χ2n) is 9.89. The molecule has 1 amide bonds. The highest BCUT2D eigenvalue weighted by molar-refractivity contribution is 5.78. The second kappa shape index (κ2) is 10.5. The summed E-state index contributed by atoms with van der Waals surface area (Å²) in [6, 6.07) is 13.9. The van der Waals surface area contributed by atoms with Crippen LogP contribution in [-0.4, -0.2) is 47.1 Å². The predicted octanol–water partition coefficient (Wildman–Crippen LogP) is 4.64. The minimum absolute atomic E-state index is 0.179. The number of hydrogen-bond donors (Lipinski definition) is 2. The van der Waals surface area contributed by atoms with E-state index in [0.717, 1.165) is 41.6 Å². The molecule has 37 heavy (non-hydrogen) atoms. The molecule has 0 aliphatic carbocycles. The Kier molecular flexibility index (Phi) is 7.19. The Labute approximate surface area is 216 Å². The van der Waals surface area contributed by atoms with Crippen LogP contribution in [0.5, 0.6) is 0 Å². The lowest BCUT2D eigenvalue weighted by Crippen LogP contribution is -2.55. The van der Waals surface area contributed by atoms with Crippen molar-refractivity contribution < 1.29 is 9.18 Å². The SMILES string of the molecule is Cc1cc(F)ccc1-c1nc(NCCCN2CCCC2=O)nc2c1CNC[N+]2([O-])[C@@H](C)c1ccccc1. The molecule has 1 unspecified atom stereocenters. The van der Waals surface area contributed by atoms with E-state index in [4.69, 9.17) is 9.97 Å². The van der Waals surface area contributed by atoms with Crippen LogP contribution >= 0.6 is 0 Å². The molecule has 9 heteroatoms. The van der Waals surface area contributed by atoms with Gasteiger partial charge in [0.15, 0.2) is 0 Å². The summed E-state index contributed by atoms with van der Waals surface area (Å²) < 4.78 is 13.2. The fraction of sp³-hybridized carbons (Fsp3) is 0.393. The van der Waals surface area contributed by atoms with Crippen LogP contribution in [0, 0.1) is 17.9 Å². The van der Waals surface area contributed by atoms with Crippen LogP contribution in [0.25, 0.3) is 11.3 Å². The number of amides is 1. The average Bonchev–Trinajstić information content (AvgIpc) is 3.31. The number of carbonyl (C=O) groups is 1. The summed E-state index contributed by atoms with van der Waals surface area (Å²) in [6.07, 6.45) is 2.28. The maximum Gasteiger partial charge on any atom is 0.239 e. The van der Waals surface area contributed by atoms with Gasteiger partial charge in [0.25, 0.3) is 0 Å². The maximum atomic E-state index is 14.5. The normalized spacial score (nSPS) is 20.1. The molecular formula is C28H33FN6O2. The van der Waals surface area contributed by atoms with Gasteiger partial charge in [-0.3, -0.25) is 14.8 Å². The number of aryl methyl sites for hydroxylation is 1. The summed E-state index contributed by atoms with van der Waals surface area (Å²) in [5, 5.41) is 21.1. The minimum atomic E-state index is -0.675. The van der Waals surface area contributed by atoms with Gasteiger partial charge in [0, 0.05) is 43.7 Å². The van der Waals surface area contributed by atoms with Gasteiger partial charge in [0.2, 0.25) is 17.7 Å². The van der Waals surface area contributed by atoms with Crippen molar-refractivity contribution in [2.24, 2.45) is 0 Å². The Morgan fingerprint density at radius 1 is 1.22 bits per heavy atom. The van der Waals surface area contributed by atoms with Crippen LogP contribution in [0.2, 0.25) is 0 Å². The Bertz CT molecular complexity index is 1290. The van der Waals surface area contributed by atoms with Gasteiger partial charge in [-0.15, -0.1) is 0 Å². The molecule has 3 heterocycles. The highest BCUT2D eigenvalue weighted by atomic mass is 19.1. The maximum absolute atomic E-state index is 14.5. The predicted molar refractivity (Wildman–Crippen MR) is 143 cm³/mol. The molecule has 2 aliphatic heterocycles. The molecular weight excluding hydrogens is 471 g/mol. The van der Waals surface area contributed by atoms with Gasteiger partial charge < -0.3 is 15.4 Å². The zero-order valence-corrected chi connectivity index (χ0v) is 21.3. The van der Waals surface area contributed by atoms with Gasteiger partial charge in [-0.1, -0.05) is 30.3 Å². The smallest absolute Gasteiger partial charge is 0.239 e. The van der Waals surface area contributed by atoms with Crippen molar-refractivity contribution >= 4 is 17.7 Å². The number of fused-ring (bicyclic) bond motifs is 1. The fourth-order valence-electron chi connectivity index (χ4n) is 5.27. The summed E-state index contributed by atoms with van der Waals surface area (Å²) in [6.45, 7) is 6.44. The Hall–Kier alpha value is -3.40. The van der Waals surface area contributed by atoms with Gasteiger partial charge >= 0.3 is 0 Å². The van der Waals surface area contributed by atoms with Crippen molar-refractivity contribution in [1.82, 2.24) is 24.8 Å². The van der Waals surface area contributed by atoms with Crippen molar-refractivity contribution in [3.05, 3.63) is 76.2 Å². The first-order valence-corrected chi connectivity index (χ1v) is 12.9. The summed E-state index contributed by atoms with van der Waals surface area (Å²) in [7, 11) is 0. The molecule has 2 atom stereocenters. The monoisotopic (exact) mass is 504 g/mol. The molecule has 2 aromatic carbocycles. The van der Waals surface area contributed by atoms with E-state index >= 15 is 0 Å². The standard InChI is InChI=1S/C28H33FN6O2/c1-19-16-22(29)11-12-23(19)26-24-17-30-18-35(37,20(2)21-8-4-3-5-9-21)27(24)33-28(32-26)31-13-7-15-34-14-6-10-25(34)36/h3-5,8-9,11-12,16,20,30H,6-7,10,13-15,17-18H2,1-2H3,(H,31,32,33)/t20-,35?/m0/s1. The molecule has 0 bridgehead atoms. The second-order valence-corrected chi connectivity index (χ2v) is 9.89. The molecule has 1 saturated heterocycles. The van der Waals surface area contributed by atoms with Crippen LogP contribution in [0.4, 0.5) is 16.2 Å². The first kappa shape index (κ1) is 25.3. The Morgan fingerprint density at radius 2 is 2.03 bits per heavy atom. The van der Waals surface area contributed by atoms with Crippen LogP contribution in [0.15, 0.2) is 48.5 Å². The minimum Gasteiger partial charge on any atom is -0.625 e. The number of aromatic nitrogens is 2. The molecule has 2 N–H and O–H groups in total. The van der Waals surface area contributed by atoms with Gasteiger partial charge in [0.05, 0.1) is 11.3 Å². The number of benzene rings is 2. The summed E-state index contributed by atoms with van der Waals surface area (Å²) in [5.41, 5.74) is 3.80. The van der Waals surface area contributed by atoms with E-state index in [1.54, 1.807) is 6.07 Å². The summed E-state index contributed by atoms with van der Waals surface area (Å²) >= 11 is 0. The molecule has 5 rings (SSSR count). The Balaban J connectivity index is 1.51. The number of halogens is 1. The number of quaternary nitrogens is 1. The van der Waals surface area contributed by atoms with Crippen LogP contribution < -0.4 is 15.3 Å². The third-order valence-electron chi connectivity index (χ3n) is 7.40. The van der Waals surface area contributed by atoms with E-state index < -0.39 is 10.7 Å². The van der Waals surface area contributed by atoms with Crippen molar-refractivity contribution in [3.63, 3.8) is 0 Å². The topological polar surface area (TPSA) is 93.2 Å². The number of hydroxylamine groups is 2. The van der Waals surface area contributed by atoms with Crippen LogP contribution in [0.3, 0.4) is 0 Å². The molecule has 3 aromatic rings. The molecule has 1 fully saturated rings. The number of anilines is 1. The fourth-order valence-corrected chi connectivity index (χ4v) is 5.27. The number of likely N-dealkylation sites (tertiary alicyclic amines) is 1. The van der Waals surface area contributed by atoms with Crippen molar-refractivity contribution in [3.8, 4) is 11.3 Å². The molecule has 194 valence electrons. The van der Waals surface area contributed by atoms with Gasteiger partial charge in [-0.25, -0.2) is 9.37 Å². The average molecular weight is 505 g/mol. The van der Waals surface area contributed by atoms with Crippen LogP contribution in [0.1, 0.15) is 48.9 Å². The number of nitrogens with zero attached hydrogens (tertiary/aromatic N) is 4. The van der Waals surface area contributed by atoms with E-state index in [2.05, 4.69) is 10.6 Å². The zero-order chi connectivity index (χ0) is 26.0. The largest absolute Gasteiger partial charge is 0.625 e. The number of rotatable bonds is 8. The molecule has 1 aromatic heterocycles. The number of hydrogen-bond acceptors (Lipinski definition) is 6. The third-order valence-corrected chi connectivity index (χ3v) is 7.40. The van der Waals surface area contributed by atoms with Gasteiger partial charge in [-0.05, 0) is 50.5 Å². The number of carbonyl (C=O) groups excluding carboxylic acids is 1. The van der Waals surface area contributed by atoms with Crippen molar-refractivity contribution in [1.29, 1.82) is 0 Å². The first-order chi connectivity index (χ1) is 17.9. The Morgan fingerprint density at radius 3 is 2.76 bits per heavy atom. The van der Waals surface area contributed by atoms with Crippen molar-refractivity contribution in [2.45, 2.75) is 45.7 Å². The third kappa shape index (κ3) is 5.07. The van der Waals surface area contributed by atoms with Gasteiger partial charge in [0.1, 0.15) is 18.5 Å². The van der Waals surface area contributed by atoms with E-state index in [0.29, 0.717) is 43.5 Å². The highest BCUT2D eigenvalue weighted by Gasteiger charge is 2.38. The quantitative estimate of drug-likeness (QED) is 0.264. The summed E-state index contributed by atoms with van der Waals surface area (Å²) in [5.74, 6) is 0.672. The van der Waals surface area contributed by atoms with E-state index in [1.165, 1.54) is 12.1 Å². The van der Waals surface area contributed by atoms with Crippen LogP contribution in [-0.2, 0) is 11.3 Å². The lowest BCUT2D eigenvalue weighted by Gasteiger charge is -2.49. The van der Waals surface area contributed by atoms with E-state index in [-0.39, 0.29) is 18.4 Å². The molecule has 8 nitrogen and oxygen atoms in total. The van der Waals surface area contributed by atoms with Gasteiger partial charge in [-0.2, -0.15) is 4.98 Å². The van der Waals surface area contributed by atoms with Crippen molar-refractivity contribution in [2.75, 3.05) is 31.6 Å². The first-order valence-electron chi connectivity index (χ1n) is 12.9.